The number of rotatable bonds is 12. The van der Waals surface area contributed by atoms with Gasteiger partial charge in [0.1, 0.15) is 11.6 Å². The lowest BCUT2D eigenvalue weighted by Crippen LogP contribution is -2.46. The molecule has 2 saturated heterocycles. The number of nitrogen functional groups attached to an aromatic ring is 2. The van der Waals surface area contributed by atoms with Gasteiger partial charge in [0.15, 0.2) is 0 Å². The summed E-state index contributed by atoms with van der Waals surface area (Å²) in [7, 11) is 0. The number of aliphatic hydroxyl groups is 2. The van der Waals surface area contributed by atoms with Crippen molar-refractivity contribution in [3.05, 3.63) is 95.3 Å². The van der Waals surface area contributed by atoms with Crippen molar-refractivity contribution >= 4 is 23.5 Å². The minimum absolute atomic E-state index is 0.0489. The predicted molar refractivity (Wildman–Crippen MR) is 203 cm³/mol. The lowest BCUT2D eigenvalue weighted by molar-refractivity contribution is 0.0938. The van der Waals surface area contributed by atoms with Gasteiger partial charge in [-0.05, 0) is 95.2 Å². The fourth-order valence-electron chi connectivity index (χ4n) is 7.72. The van der Waals surface area contributed by atoms with Crippen molar-refractivity contribution in [2.45, 2.75) is 78.1 Å². The number of anilines is 4. The van der Waals surface area contributed by atoms with Gasteiger partial charge in [-0.15, -0.1) is 0 Å². The van der Waals surface area contributed by atoms with Gasteiger partial charge in [-0.25, -0.2) is 9.97 Å². The maximum absolute atomic E-state index is 10.2. The van der Waals surface area contributed by atoms with Crippen LogP contribution in [0.4, 0.5) is 23.5 Å². The summed E-state index contributed by atoms with van der Waals surface area (Å²) in [5.41, 5.74) is 16.2. The van der Waals surface area contributed by atoms with Crippen molar-refractivity contribution in [2.24, 2.45) is 10.8 Å². The molecule has 0 spiro atoms. The Bertz CT molecular complexity index is 1620. The van der Waals surface area contributed by atoms with Crippen LogP contribution in [-0.4, -0.2) is 69.5 Å². The smallest absolute Gasteiger partial charge is 0.222 e. The Morgan fingerprint density at radius 3 is 1.76 bits per heavy atom. The topological polar surface area (TPSA) is 151 Å². The molecule has 0 amide bonds. The summed E-state index contributed by atoms with van der Waals surface area (Å²) in [6.45, 7) is 8.03. The van der Waals surface area contributed by atoms with Crippen LogP contribution in [0.3, 0.4) is 0 Å². The molecule has 2 fully saturated rings. The summed E-state index contributed by atoms with van der Waals surface area (Å²) in [4.78, 5) is 21.6. The van der Waals surface area contributed by atoms with Crippen LogP contribution in [0.5, 0.6) is 0 Å². The normalized spacial score (nSPS) is 20.6. The van der Waals surface area contributed by atoms with E-state index >= 15 is 0 Å². The summed E-state index contributed by atoms with van der Waals surface area (Å²) in [6, 6.07) is 23.0. The van der Waals surface area contributed by atoms with E-state index in [1.54, 1.807) is 6.20 Å². The van der Waals surface area contributed by atoms with E-state index in [0.717, 1.165) is 113 Å². The lowest BCUT2D eigenvalue weighted by atomic mass is 9.76. The highest BCUT2D eigenvalue weighted by Crippen LogP contribution is 2.38. The molecular formula is C40H56N8O2. The molecule has 2 aromatic heterocycles. The van der Waals surface area contributed by atoms with Gasteiger partial charge in [-0.1, -0.05) is 60.7 Å². The molecule has 2 aliphatic heterocycles. The number of hydrogen-bond acceptors (Lipinski definition) is 10. The zero-order valence-electron chi connectivity index (χ0n) is 30.0. The molecule has 2 unspecified atom stereocenters. The Morgan fingerprint density at radius 1 is 0.680 bits per heavy atom. The maximum Gasteiger partial charge on any atom is 0.222 e. The number of piperidine rings is 2. The predicted octanol–water partition coefficient (Wildman–Crippen LogP) is 5.94. The molecule has 0 aliphatic carbocycles. The Kier molecular flexibility index (Phi) is 13.0. The molecule has 50 heavy (non-hydrogen) atoms. The van der Waals surface area contributed by atoms with Crippen LogP contribution in [0.1, 0.15) is 73.8 Å². The molecule has 2 atom stereocenters. The Labute approximate surface area is 298 Å². The highest BCUT2D eigenvalue weighted by atomic mass is 16.3. The molecule has 2 aliphatic rings. The quantitative estimate of drug-likeness (QED) is 0.142. The molecule has 10 heteroatoms. The minimum Gasteiger partial charge on any atom is -0.396 e. The fourth-order valence-corrected chi connectivity index (χ4v) is 7.72. The van der Waals surface area contributed by atoms with Gasteiger partial charge in [0.05, 0.1) is 13.2 Å². The standard InChI is InChI=1S/C21H30N4O.C19H26N4O/c1-16-17(2)23-20(22)24-19(16)25-13-7-12-21(14-25,15-26)11-6-10-18-8-4-3-5-9-18;20-18-21-12-9-17(22-18)23-13-5-11-19(14-23,15-24)10-4-8-16-6-2-1-3-7-16/h3-5,8-9,26H,6-7,10-15H2,1-2H3,(H2,22,23,24);1-3,6-7,9,12,24H,4-5,8,10-11,13-15H2,(H2,20,21,22). The minimum atomic E-state index is -0.0624. The Hall–Kier alpha value is -4.28. The molecule has 6 rings (SSSR count). The van der Waals surface area contributed by atoms with Crippen LogP contribution in [0.25, 0.3) is 0 Å². The van der Waals surface area contributed by atoms with Crippen LogP contribution in [0.2, 0.25) is 0 Å². The molecule has 0 radical (unpaired) electrons. The van der Waals surface area contributed by atoms with Crippen molar-refractivity contribution < 1.29 is 10.2 Å². The van der Waals surface area contributed by atoms with E-state index in [-0.39, 0.29) is 24.0 Å². The summed E-state index contributed by atoms with van der Waals surface area (Å²) in [6.07, 6.45) is 12.3. The van der Waals surface area contributed by atoms with E-state index in [0.29, 0.717) is 11.9 Å². The number of aryl methyl sites for hydroxylation is 3. The number of aliphatic hydroxyl groups excluding tert-OH is 2. The first-order valence-electron chi connectivity index (χ1n) is 18.2. The van der Waals surface area contributed by atoms with Gasteiger partial charge in [0, 0.05) is 54.5 Å². The SMILES string of the molecule is Cc1nc(N)nc(N2CCCC(CO)(CCCc3ccccc3)C2)c1C.Nc1nccc(N2CCCC(CO)(CCCc3ccccc3)C2)n1. The second-order valence-corrected chi connectivity index (χ2v) is 14.4. The Morgan fingerprint density at radius 2 is 1.22 bits per heavy atom. The third-order valence-corrected chi connectivity index (χ3v) is 10.7. The van der Waals surface area contributed by atoms with E-state index in [4.69, 9.17) is 11.5 Å². The molecule has 0 bridgehead atoms. The molecule has 0 saturated carbocycles. The maximum atomic E-state index is 10.2. The average Bonchev–Trinajstić information content (AvgIpc) is 3.14. The molecule has 6 N–H and O–H groups in total. The second kappa shape index (κ2) is 17.6. The van der Waals surface area contributed by atoms with E-state index in [1.165, 1.54) is 11.1 Å². The van der Waals surface area contributed by atoms with Crippen LogP contribution >= 0.6 is 0 Å². The van der Waals surface area contributed by atoms with Gasteiger partial charge in [-0.2, -0.15) is 9.97 Å². The van der Waals surface area contributed by atoms with Crippen LogP contribution < -0.4 is 21.3 Å². The van der Waals surface area contributed by atoms with Crippen LogP contribution in [-0.2, 0) is 12.8 Å². The van der Waals surface area contributed by atoms with Crippen molar-refractivity contribution in [3.8, 4) is 0 Å². The first-order chi connectivity index (χ1) is 24.2. The van der Waals surface area contributed by atoms with Gasteiger partial charge in [-0.3, -0.25) is 0 Å². The monoisotopic (exact) mass is 680 g/mol. The zero-order valence-corrected chi connectivity index (χ0v) is 30.0. The van der Waals surface area contributed by atoms with E-state index in [2.05, 4.69) is 91.3 Å². The largest absolute Gasteiger partial charge is 0.396 e. The van der Waals surface area contributed by atoms with Gasteiger partial charge < -0.3 is 31.5 Å². The molecule has 10 nitrogen and oxygen atoms in total. The van der Waals surface area contributed by atoms with E-state index < -0.39 is 0 Å². The fraction of sp³-hybridized carbons (Fsp3) is 0.500. The summed E-state index contributed by atoms with van der Waals surface area (Å²) >= 11 is 0. The number of nitrogens with zero attached hydrogens (tertiary/aromatic N) is 6. The van der Waals surface area contributed by atoms with Gasteiger partial charge in [0.2, 0.25) is 11.9 Å². The first kappa shape index (κ1) is 37.0. The molecular weight excluding hydrogens is 624 g/mol. The van der Waals surface area contributed by atoms with E-state index in [9.17, 15) is 10.2 Å². The lowest BCUT2D eigenvalue weighted by Gasteiger charge is -2.43. The highest BCUT2D eigenvalue weighted by Gasteiger charge is 2.36. The number of nitrogens with two attached hydrogens (primary N) is 2. The number of hydrogen-bond donors (Lipinski definition) is 4. The second-order valence-electron chi connectivity index (χ2n) is 14.4. The zero-order chi connectivity index (χ0) is 35.4. The van der Waals surface area contributed by atoms with Crippen molar-refractivity contribution in [1.29, 1.82) is 0 Å². The number of benzene rings is 2. The summed E-state index contributed by atoms with van der Waals surface area (Å²) in [5.74, 6) is 2.42. The molecule has 4 aromatic rings. The molecule has 2 aromatic carbocycles. The van der Waals surface area contributed by atoms with Crippen LogP contribution in [0.15, 0.2) is 72.9 Å². The molecule has 4 heterocycles. The van der Waals surface area contributed by atoms with Gasteiger partial charge in [0.25, 0.3) is 0 Å². The van der Waals surface area contributed by atoms with E-state index in [1.807, 2.05) is 19.1 Å². The first-order valence-corrected chi connectivity index (χ1v) is 18.2. The highest BCUT2D eigenvalue weighted by molar-refractivity contribution is 5.51. The van der Waals surface area contributed by atoms with Crippen molar-refractivity contribution in [1.82, 2.24) is 19.9 Å². The third-order valence-electron chi connectivity index (χ3n) is 10.7. The third kappa shape index (κ3) is 9.91. The summed E-state index contributed by atoms with van der Waals surface area (Å²) in [5, 5.41) is 20.3. The molecule has 268 valence electrons. The average molecular weight is 681 g/mol. The van der Waals surface area contributed by atoms with Crippen molar-refractivity contribution in [3.63, 3.8) is 0 Å². The van der Waals surface area contributed by atoms with Crippen LogP contribution in [0, 0.1) is 24.7 Å². The Balaban J connectivity index is 0.000000195. The van der Waals surface area contributed by atoms with Gasteiger partial charge >= 0.3 is 0 Å². The summed E-state index contributed by atoms with van der Waals surface area (Å²) < 4.78 is 0. The van der Waals surface area contributed by atoms with Crippen molar-refractivity contribution in [2.75, 3.05) is 60.7 Å². The number of aromatic nitrogens is 4.